The van der Waals surface area contributed by atoms with Crippen LogP contribution in [0.2, 0.25) is 0 Å². The van der Waals surface area contributed by atoms with E-state index in [1.54, 1.807) is 7.11 Å². The Balaban J connectivity index is 1.64. The number of fused-ring (bicyclic) bond motifs is 1. The van der Waals surface area contributed by atoms with Crippen LogP contribution in [0.25, 0.3) is 0 Å². The molecule has 0 saturated heterocycles. The predicted octanol–water partition coefficient (Wildman–Crippen LogP) is 2.88. The number of methoxy groups -OCH3 is 1. The van der Waals surface area contributed by atoms with E-state index in [-0.39, 0.29) is 18.4 Å². The number of ether oxygens (including phenoxy) is 1. The van der Waals surface area contributed by atoms with Crippen LogP contribution in [0, 0.1) is 0 Å². The summed E-state index contributed by atoms with van der Waals surface area (Å²) in [4.78, 5) is 12.3. The fourth-order valence-corrected chi connectivity index (χ4v) is 3.89. The second kappa shape index (κ2) is 6.29. The fourth-order valence-electron chi connectivity index (χ4n) is 3.89. The maximum Gasteiger partial charge on any atom is 0.223 e. The number of rotatable bonds is 4. The van der Waals surface area contributed by atoms with Crippen LogP contribution < -0.4 is 10.1 Å². The van der Waals surface area contributed by atoms with E-state index in [1.165, 1.54) is 12.0 Å². The Labute approximate surface area is 131 Å². The van der Waals surface area contributed by atoms with E-state index in [4.69, 9.17) is 4.74 Å². The lowest BCUT2D eigenvalue weighted by molar-refractivity contribution is -0.128. The molecule has 1 unspecified atom stereocenters. The summed E-state index contributed by atoms with van der Waals surface area (Å²) in [5.74, 6) is 0.866. The molecule has 1 aromatic carbocycles. The van der Waals surface area contributed by atoms with Crippen molar-refractivity contribution in [1.82, 2.24) is 5.32 Å². The largest absolute Gasteiger partial charge is 0.496 e. The Morgan fingerprint density at radius 2 is 2.14 bits per heavy atom. The number of hydrogen-bond donors (Lipinski definition) is 2. The van der Waals surface area contributed by atoms with Crippen molar-refractivity contribution in [2.24, 2.45) is 0 Å². The number of carbonyl (C=O) groups excluding carboxylic acids is 1. The number of carbonyl (C=O) groups is 1. The Morgan fingerprint density at radius 1 is 1.36 bits per heavy atom. The van der Waals surface area contributed by atoms with E-state index in [1.807, 2.05) is 12.1 Å². The van der Waals surface area contributed by atoms with E-state index in [9.17, 15) is 9.90 Å². The summed E-state index contributed by atoms with van der Waals surface area (Å²) in [6.07, 6.45) is 6.75. The molecule has 0 spiro atoms. The van der Waals surface area contributed by atoms with E-state index in [2.05, 4.69) is 11.4 Å². The average Bonchev–Trinajstić information content (AvgIpc) is 2.90. The van der Waals surface area contributed by atoms with Gasteiger partial charge in [-0.15, -0.1) is 0 Å². The number of aliphatic hydroxyl groups is 1. The number of hydrogen-bond acceptors (Lipinski definition) is 3. The molecule has 0 aliphatic heterocycles. The van der Waals surface area contributed by atoms with E-state index < -0.39 is 5.60 Å². The Morgan fingerprint density at radius 3 is 2.86 bits per heavy atom. The number of amides is 1. The van der Waals surface area contributed by atoms with Gasteiger partial charge in [0.1, 0.15) is 5.75 Å². The normalized spacial score (nSPS) is 22.9. The molecule has 3 rings (SSSR count). The van der Waals surface area contributed by atoms with Gasteiger partial charge in [-0.3, -0.25) is 4.79 Å². The van der Waals surface area contributed by atoms with E-state index in [0.29, 0.717) is 0 Å². The minimum absolute atomic E-state index is 0.0370. The monoisotopic (exact) mass is 303 g/mol. The highest BCUT2D eigenvalue weighted by molar-refractivity contribution is 5.77. The first-order chi connectivity index (χ1) is 10.6. The molecule has 2 N–H and O–H groups in total. The standard InChI is InChI=1S/C18H25NO3/c1-22-16-7-5-6-13-14(16)8-9-15(13)19-17(20)12-18(21)10-3-2-4-11-18/h5-7,15,21H,2-4,8-12H2,1H3,(H,19,20). The van der Waals surface area contributed by atoms with Crippen molar-refractivity contribution in [2.45, 2.75) is 63.0 Å². The van der Waals surface area contributed by atoms with Crippen molar-refractivity contribution in [3.05, 3.63) is 29.3 Å². The SMILES string of the molecule is COc1cccc2c1CCC2NC(=O)CC1(O)CCCCC1. The quantitative estimate of drug-likeness (QED) is 0.899. The topological polar surface area (TPSA) is 58.6 Å². The molecule has 1 saturated carbocycles. The zero-order valence-electron chi connectivity index (χ0n) is 13.2. The van der Waals surface area contributed by atoms with Crippen molar-refractivity contribution >= 4 is 5.91 Å². The molecule has 0 aromatic heterocycles. The summed E-state index contributed by atoms with van der Waals surface area (Å²) >= 11 is 0. The highest BCUT2D eigenvalue weighted by atomic mass is 16.5. The lowest BCUT2D eigenvalue weighted by Gasteiger charge is -2.31. The zero-order chi connectivity index (χ0) is 15.6. The summed E-state index contributed by atoms with van der Waals surface area (Å²) in [5, 5.41) is 13.6. The first-order valence-electron chi connectivity index (χ1n) is 8.29. The summed E-state index contributed by atoms with van der Waals surface area (Å²) in [6.45, 7) is 0. The van der Waals surface area contributed by atoms with Crippen LogP contribution in [0.1, 0.15) is 62.1 Å². The van der Waals surface area contributed by atoms with Crippen LogP contribution in [0.5, 0.6) is 5.75 Å². The molecule has 1 fully saturated rings. The van der Waals surface area contributed by atoms with Crippen molar-refractivity contribution in [1.29, 1.82) is 0 Å². The van der Waals surface area contributed by atoms with Gasteiger partial charge < -0.3 is 15.2 Å². The molecular weight excluding hydrogens is 278 g/mol. The molecule has 0 bridgehead atoms. The van der Waals surface area contributed by atoms with Crippen LogP contribution >= 0.6 is 0 Å². The molecule has 1 amide bonds. The van der Waals surface area contributed by atoms with Crippen LogP contribution in [0.4, 0.5) is 0 Å². The summed E-state index contributed by atoms with van der Waals surface area (Å²) in [5.41, 5.74) is 1.56. The molecule has 22 heavy (non-hydrogen) atoms. The molecule has 4 heteroatoms. The van der Waals surface area contributed by atoms with Gasteiger partial charge in [-0.05, 0) is 42.9 Å². The third kappa shape index (κ3) is 3.12. The van der Waals surface area contributed by atoms with Gasteiger partial charge in [-0.2, -0.15) is 0 Å². The maximum atomic E-state index is 12.3. The molecule has 4 nitrogen and oxygen atoms in total. The second-order valence-corrected chi connectivity index (χ2v) is 6.65. The second-order valence-electron chi connectivity index (χ2n) is 6.65. The highest BCUT2D eigenvalue weighted by Crippen LogP contribution is 2.37. The Hall–Kier alpha value is -1.55. The number of benzene rings is 1. The third-order valence-electron chi connectivity index (χ3n) is 5.06. The van der Waals surface area contributed by atoms with Gasteiger partial charge in [0.15, 0.2) is 0 Å². The molecule has 120 valence electrons. The van der Waals surface area contributed by atoms with Crippen molar-refractivity contribution in [3.63, 3.8) is 0 Å². The Kier molecular flexibility index (Phi) is 4.39. The lowest BCUT2D eigenvalue weighted by atomic mass is 9.82. The maximum absolute atomic E-state index is 12.3. The highest BCUT2D eigenvalue weighted by Gasteiger charge is 2.33. The molecule has 1 atom stereocenters. The smallest absolute Gasteiger partial charge is 0.223 e. The van der Waals surface area contributed by atoms with E-state index in [0.717, 1.165) is 49.8 Å². The minimum Gasteiger partial charge on any atom is -0.496 e. The van der Waals surface area contributed by atoms with Crippen LogP contribution in [0.3, 0.4) is 0 Å². The summed E-state index contributed by atoms with van der Waals surface area (Å²) in [7, 11) is 1.68. The lowest BCUT2D eigenvalue weighted by Crippen LogP contribution is -2.39. The Bertz CT molecular complexity index is 549. The van der Waals surface area contributed by atoms with Gasteiger partial charge in [0.2, 0.25) is 5.91 Å². The van der Waals surface area contributed by atoms with Gasteiger partial charge in [0, 0.05) is 0 Å². The fraction of sp³-hybridized carbons (Fsp3) is 0.611. The van der Waals surface area contributed by atoms with E-state index >= 15 is 0 Å². The molecule has 0 heterocycles. The van der Waals surface area contributed by atoms with Crippen molar-refractivity contribution in [3.8, 4) is 5.75 Å². The molecular formula is C18H25NO3. The first kappa shape index (κ1) is 15.3. The van der Waals surface area contributed by atoms with Crippen LogP contribution in [-0.4, -0.2) is 23.7 Å². The minimum atomic E-state index is -0.794. The predicted molar refractivity (Wildman–Crippen MR) is 84.9 cm³/mol. The van der Waals surface area contributed by atoms with Crippen molar-refractivity contribution < 1.29 is 14.6 Å². The molecule has 2 aliphatic rings. The van der Waals surface area contributed by atoms with Gasteiger partial charge in [0.25, 0.3) is 0 Å². The first-order valence-corrected chi connectivity index (χ1v) is 8.29. The van der Waals surface area contributed by atoms with Crippen molar-refractivity contribution in [2.75, 3.05) is 7.11 Å². The average molecular weight is 303 g/mol. The number of nitrogens with one attached hydrogen (secondary N) is 1. The molecule has 2 aliphatic carbocycles. The zero-order valence-corrected chi connectivity index (χ0v) is 13.2. The van der Waals surface area contributed by atoms with Crippen LogP contribution in [-0.2, 0) is 11.2 Å². The van der Waals surface area contributed by atoms with Gasteiger partial charge >= 0.3 is 0 Å². The van der Waals surface area contributed by atoms with Gasteiger partial charge in [-0.25, -0.2) is 0 Å². The molecule has 1 aromatic rings. The summed E-state index contributed by atoms with van der Waals surface area (Å²) in [6, 6.07) is 6.04. The summed E-state index contributed by atoms with van der Waals surface area (Å²) < 4.78 is 5.40. The van der Waals surface area contributed by atoms with Gasteiger partial charge in [0.05, 0.1) is 25.2 Å². The van der Waals surface area contributed by atoms with Gasteiger partial charge in [-0.1, -0.05) is 31.4 Å². The third-order valence-corrected chi connectivity index (χ3v) is 5.06. The van der Waals surface area contributed by atoms with Crippen LogP contribution in [0.15, 0.2) is 18.2 Å². The molecule has 0 radical (unpaired) electrons.